The van der Waals surface area contributed by atoms with Crippen LogP contribution in [0, 0.1) is 17.3 Å². The van der Waals surface area contributed by atoms with Crippen molar-refractivity contribution in [2.24, 2.45) is 17.3 Å². The Balaban J connectivity index is 1.97. The lowest BCUT2D eigenvalue weighted by Crippen LogP contribution is -2.16. The van der Waals surface area contributed by atoms with Gasteiger partial charge in [0.1, 0.15) is 11.6 Å². The van der Waals surface area contributed by atoms with Gasteiger partial charge in [-0.25, -0.2) is 4.39 Å². The molecule has 1 aliphatic carbocycles. The van der Waals surface area contributed by atoms with E-state index in [1.807, 2.05) is 0 Å². The average Bonchev–Trinajstić information content (AvgIpc) is 3.11. The summed E-state index contributed by atoms with van der Waals surface area (Å²) in [6, 6.07) is 4.21. The van der Waals surface area contributed by atoms with Gasteiger partial charge >= 0.3 is 18.3 Å². The normalized spacial score (nSPS) is 23.3. The molecule has 1 aliphatic rings. The number of esters is 1. The van der Waals surface area contributed by atoms with Crippen molar-refractivity contribution in [1.82, 2.24) is 0 Å². The highest BCUT2D eigenvalue weighted by Crippen LogP contribution is 2.60. The summed E-state index contributed by atoms with van der Waals surface area (Å²) in [5.41, 5.74) is -1.05. The summed E-state index contributed by atoms with van der Waals surface area (Å²) in [5, 5.41) is -1.32. The quantitative estimate of drug-likeness (QED) is 0.405. The zero-order chi connectivity index (χ0) is 21.5. The first kappa shape index (κ1) is 22.5. The topological polar surface area (TPSA) is 26.3 Å². The minimum Gasteiger partial charge on any atom is -0.461 e. The van der Waals surface area contributed by atoms with Gasteiger partial charge in [-0.2, -0.15) is 26.3 Å². The summed E-state index contributed by atoms with van der Waals surface area (Å²) in [7, 11) is 0. The predicted molar refractivity (Wildman–Crippen MR) is 86.9 cm³/mol. The largest absolute Gasteiger partial charge is 0.461 e. The fraction of sp³-hybridized carbons (Fsp3) is 0.500. The van der Waals surface area contributed by atoms with Crippen molar-refractivity contribution in [3.63, 3.8) is 0 Å². The van der Waals surface area contributed by atoms with Crippen LogP contribution in [0.3, 0.4) is 0 Å². The zero-order valence-electron chi connectivity index (χ0n) is 14.7. The van der Waals surface area contributed by atoms with E-state index in [1.165, 1.54) is 12.1 Å². The highest BCUT2D eigenvalue weighted by molar-refractivity contribution is 6.30. The van der Waals surface area contributed by atoms with Crippen LogP contribution in [0.15, 0.2) is 35.4 Å². The molecule has 28 heavy (non-hydrogen) atoms. The minimum absolute atomic E-state index is 0.307. The Hall–Kier alpha value is -1.77. The van der Waals surface area contributed by atoms with E-state index in [0.717, 1.165) is 18.2 Å². The number of rotatable bonds is 5. The van der Waals surface area contributed by atoms with E-state index < -0.39 is 52.3 Å². The molecule has 1 aromatic carbocycles. The van der Waals surface area contributed by atoms with Gasteiger partial charge < -0.3 is 4.74 Å². The number of hydrogen-bond donors (Lipinski definition) is 0. The molecular weight excluding hydrogens is 417 g/mol. The standard InChI is InChI=1S/C18H16ClF7O2/c1-16(2)11(7-12(19)17(21,22)23)13(16)15(27)28-8-9-3-5-10(6-4-9)14(20)18(24,25)26/h3-7,11,13-14H,8H2,1-2H3. The Bertz CT molecular complexity index is 751. The predicted octanol–water partition coefficient (Wildman–Crippen LogP) is 6.26. The molecule has 156 valence electrons. The molecule has 2 rings (SSSR count). The number of carbonyl (C=O) groups is 1. The summed E-state index contributed by atoms with van der Waals surface area (Å²) in [5.74, 6) is -2.33. The third-order valence-corrected chi connectivity index (χ3v) is 5.04. The van der Waals surface area contributed by atoms with Crippen molar-refractivity contribution >= 4 is 17.6 Å². The second kappa shape index (κ2) is 7.57. The lowest BCUT2D eigenvalue weighted by atomic mass is 10.1. The molecule has 0 radical (unpaired) electrons. The van der Waals surface area contributed by atoms with E-state index in [9.17, 15) is 35.5 Å². The van der Waals surface area contributed by atoms with E-state index in [1.54, 1.807) is 13.8 Å². The van der Waals surface area contributed by atoms with Crippen LogP contribution in [0.5, 0.6) is 0 Å². The number of halogens is 8. The molecule has 1 fully saturated rings. The number of ether oxygens (including phenoxy) is 1. The van der Waals surface area contributed by atoms with E-state index in [4.69, 9.17) is 16.3 Å². The highest BCUT2D eigenvalue weighted by Gasteiger charge is 2.62. The molecule has 10 heteroatoms. The van der Waals surface area contributed by atoms with Crippen LogP contribution in [0.25, 0.3) is 0 Å². The molecular formula is C18H16ClF7O2. The fourth-order valence-electron chi connectivity index (χ4n) is 2.91. The van der Waals surface area contributed by atoms with Gasteiger partial charge in [0.25, 0.3) is 0 Å². The minimum atomic E-state index is -5.02. The molecule has 0 bridgehead atoms. The molecule has 0 aliphatic heterocycles. The molecule has 0 N–H and O–H groups in total. The second-order valence-electron chi connectivity index (χ2n) is 7.09. The lowest BCUT2D eigenvalue weighted by molar-refractivity contribution is -0.182. The molecule has 3 unspecified atom stereocenters. The van der Waals surface area contributed by atoms with Crippen LogP contribution >= 0.6 is 11.6 Å². The second-order valence-corrected chi connectivity index (χ2v) is 7.50. The van der Waals surface area contributed by atoms with Crippen LogP contribution in [-0.2, 0) is 16.1 Å². The third kappa shape index (κ3) is 4.98. The van der Waals surface area contributed by atoms with Crippen molar-refractivity contribution in [3.8, 4) is 0 Å². The van der Waals surface area contributed by atoms with E-state index in [0.29, 0.717) is 5.56 Å². The first-order valence-electron chi connectivity index (χ1n) is 8.06. The lowest BCUT2D eigenvalue weighted by Gasteiger charge is -2.13. The van der Waals surface area contributed by atoms with Crippen LogP contribution in [0.1, 0.15) is 31.1 Å². The van der Waals surface area contributed by atoms with Gasteiger partial charge in [0.05, 0.1) is 5.92 Å². The Labute approximate surface area is 161 Å². The molecule has 0 saturated heterocycles. The zero-order valence-corrected chi connectivity index (χ0v) is 15.4. The fourth-order valence-corrected chi connectivity index (χ4v) is 3.04. The van der Waals surface area contributed by atoms with Crippen molar-refractivity contribution in [2.45, 2.75) is 39.0 Å². The molecule has 0 spiro atoms. The maximum Gasteiger partial charge on any atom is 0.426 e. The summed E-state index contributed by atoms with van der Waals surface area (Å²) in [6.45, 7) is 2.88. The van der Waals surface area contributed by atoms with Gasteiger partial charge in [-0.1, -0.05) is 55.8 Å². The molecule has 0 amide bonds. The molecule has 1 aromatic rings. The number of hydrogen-bond acceptors (Lipinski definition) is 2. The molecule has 3 atom stereocenters. The Morgan fingerprint density at radius 3 is 2.18 bits per heavy atom. The van der Waals surface area contributed by atoms with Gasteiger partial charge in [0.15, 0.2) is 0 Å². The molecule has 0 heterocycles. The SMILES string of the molecule is CC1(C)C(C=C(Cl)C(F)(F)F)C1C(=O)OCc1ccc(C(F)C(F)(F)F)cc1. The van der Waals surface area contributed by atoms with Gasteiger partial charge in [0.2, 0.25) is 6.17 Å². The number of allylic oxidation sites excluding steroid dienone is 2. The Morgan fingerprint density at radius 2 is 1.71 bits per heavy atom. The third-order valence-electron chi connectivity index (χ3n) is 4.70. The molecule has 2 nitrogen and oxygen atoms in total. The van der Waals surface area contributed by atoms with Gasteiger partial charge in [0, 0.05) is 0 Å². The Morgan fingerprint density at radius 1 is 1.18 bits per heavy atom. The van der Waals surface area contributed by atoms with E-state index in [-0.39, 0.29) is 6.61 Å². The molecule has 1 saturated carbocycles. The van der Waals surface area contributed by atoms with Crippen molar-refractivity contribution in [3.05, 3.63) is 46.5 Å². The maximum absolute atomic E-state index is 13.2. The van der Waals surface area contributed by atoms with E-state index >= 15 is 0 Å². The maximum atomic E-state index is 13.2. The number of carbonyl (C=O) groups excluding carboxylic acids is 1. The smallest absolute Gasteiger partial charge is 0.426 e. The van der Waals surface area contributed by atoms with Crippen molar-refractivity contribution in [1.29, 1.82) is 0 Å². The van der Waals surface area contributed by atoms with E-state index in [2.05, 4.69) is 0 Å². The van der Waals surface area contributed by atoms with Crippen LogP contribution in [0.4, 0.5) is 30.7 Å². The van der Waals surface area contributed by atoms with Crippen molar-refractivity contribution in [2.75, 3.05) is 0 Å². The average molecular weight is 433 g/mol. The van der Waals surface area contributed by atoms with Gasteiger partial charge in [-0.15, -0.1) is 0 Å². The highest BCUT2D eigenvalue weighted by atomic mass is 35.5. The summed E-state index contributed by atoms with van der Waals surface area (Å²) in [6.07, 6.45) is -12.1. The van der Waals surface area contributed by atoms with Gasteiger partial charge in [-0.3, -0.25) is 4.79 Å². The number of alkyl halides is 7. The first-order chi connectivity index (χ1) is 12.7. The number of benzene rings is 1. The van der Waals surface area contributed by atoms with Crippen molar-refractivity contribution < 1.29 is 40.3 Å². The first-order valence-corrected chi connectivity index (χ1v) is 8.44. The summed E-state index contributed by atoms with van der Waals surface area (Å²) in [4.78, 5) is 12.2. The van der Waals surface area contributed by atoms with Crippen LogP contribution in [-0.4, -0.2) is 18.3 Å². The van der Waals surface area contributed by atoms with Crippen LogP contribution < -0.4 is 0 Å². The van der Waals surface area contributed by atoms with Gasteiger partial charge in [-0.05, 0) is 22.5 Å². The Kier molecular flexibility index (Phi) is 6.09. The summed E-state index contributed by atoms with van der Waals surface area (Å²) < 4.78 is 92.9. The summed E-state index contributed by atoms with van der Waals surface area (Å²) >= 11 is 5.21. The van der Waals surface area contributed by atoms with Crippen LogP contribution in [0.2, 0.25) is 0 Å². The molecule has 0 aromatic heterocycles. The monoisotopic (exact) mass is 432 g/mol.